The summed E-state index contributed by atoms with van der Waals surface area (Å²) < 4.78 is 0. The molecular weight excluding hydrogens is 234 g/mol. The molecule has 0 aromatic carbocycles. The van der Waals surface area contributed by atoms with E-state index in [1.807, 2.05) is 6.92 Å². The van der Waals surface area contributed by atoms with E-state index >= 15 is 0 Å². The highest BCUT2D eigenvalue weighted by Crippen LogP contribution is 2.21. The fourth-order valence-electron chi connectivity index (χ4n) is 1.70. The number of nitrogens with zero attached hydrogens (tertiary/aromatic N) is 3. The van der Waals surface area contributed by atoms with Crippen molar-refractivity contribution < 1.29 is 10.2 Å². The Morgan fingerprint density at radius 1 is 1.22 bits per heavy atom. The molecule has 1 aromatic rings. The average molecular weight is 253 g/mol. The summed E-state index contributed by atoms with van der Waals surface area (Å²) in [4.78, 5) is 1.66. The summed E-state index contributed by atoms with van der Waals surface area (Å²) in [6.07, 6.45) is 0. The van der Waals surface area contributed by atoms with E-state index in [1.54, 1.807) is 11.8 Å². The summed E-state index contributed by atoms with van der Waals surface area (Å²) in [6.45, 7) is 4.06. The maximum Gasteiger partial charge on any atom is 0.162 e. The van der Waals surface area contributed by atoms with Gasteiger partial charge in [-0.15, -0.1) is 5.10 Å². The SMILES string of the molecule is Cc1nnc(N(CCO)CCO)c(C(=N)N)c1C. The first kappa shape index (κ1) is 14.3. The Kier molecular flexibility index (Phi) is 4.99. The van der Waals surface area contributed by atoms with Crippen molar-refractivity contribution in [1.29, 1.82) is 5.41 Å². The molecule has 0 atom stereocenters. The molecule has 18 heavy (non-hydrogen) atoms. The summed E-state index contributed by atoms with van der Waals surface area (Å²) in [5.41, 5.74) is 7.57. The second kappa shape index (κ2) is 6.27. The smallest absolute Gasteiger partial charge is 0.162 e. The lowest BCUT2D eigenvalue weighted by molar-refractivity contribution is 0.280. The molecule has 0 aliphatic rings. The molecule has 7 nitrogen and oxygen atoms in total. The van der Waals surface area contributed by atoms with E-state index in [-0.39, 0.29) is 19.0 Å². The topological polar surface area (TPSA) is 119 Å². The van der Waals surface area contributed by atoms with E-state index < -0.39 is 0 Å². The van der Waals surface area contributed by atoms with Gasteiger partial charge in [-0.05, 0) is 19.4 Å². The van der Waals surface area contributed by atoms with Gasteiger partial charge in [0.2, 0.25) is 0 Å². The molecule has 0 bridgehead atoms. The highest BCUT2D eigenvalue weighted by molar-refractivity contribution is 6.01. The zero-order valence-corrected chi connectivity index (χ0v) is 10.6. The van der Waals surface area contributed by atoms with Crippen LogP contribution in [0.15, 0.2) is 0 Å². The van der Waals surface area contributed by atoms with Crippen LogP contribution < -0.4 is 10.6 Å². The van der Waals surface area contributed by atoms with Crippen LogP contribution in [0.1, 0.15) is 16.8 Å². The van der Waals surface area contributed by atoms with E-state index in [1.165, 1.54) is 0 Å². The van der Waals surface area contributed by atoms with Crippen LogP contribution in [-0.2, 0) is 0 Å². The first-order valence-electron chi connectivity index (χ1n) is 5.67. The number of anilines is 1. The second-order valence-corrected chi connectivity index (χ2v) is 3.96. The standard InChI is InChI=1S/C11H19N5O2/c1-7-8(2)14-15-11(9(7)10(12)13)16(3-5-17)4-6-18/h17-18H,3-6H2,1-2H3,(H3,12,13). The number of hydrogen-bond acceptors (Lipinski definition) is 6. The summed E-state index contributed by atoms with van der Waals surface area (Å²) >= 11 is 0. The maximum absolute atomic E-state index is 9.02. The monoisotopic (exact) mass is 253 g/mol. The van der Waals surface area contributed by atoms with Crippen LogP contribution in [0.3, 0.4) is 0 Å². The molecule has 0 aliphatic heterocycles. The predicted molar refractivity (Wildman–Crippen MR) is 68.9 cm³/mol. The zero-order chi connectivity index (χ0) is 13.7. The molecule has 0 saturated heterocycles. The van der Waals surface area contributed by atoms with Crippen LogP contribution in [0.4, 0.5) is 5.82 Å². The molecule has 0 amide bonds. The van der Waals surface area contributed by atoms with Gasteiger partial charge < -0.3 is 20.8 Å². The molecule has 0 saturated carbocycles. The molecule has 0 aliphatic carbocycles. The molecule has 100 valence electrons. The Morgan fingerprint density at radius 2 is 1.78 bits per heavy atom. The number of aliphatic hydroxyl groups is 2. The van der Waals surface area contributed by atoms with E-state index in [0.29, 0.717) is 30.2 Å². The minimum Gasteiger partial charge on any atom is -0.395 e. The van der Waals surface area contributed by atoms with Crippen LogP contribution in [0.25, 0.3) is 0 Å². The van der Waals surface area contributed by atoms with Gasteiger partial charge >= 0.3 is 0 Å². The maximum atomic E-state index is 9.02. The van der Waals surface area contributed by atoms with Crippen molar-refractivity contribution in [3.05, 3.63) is 16.8 Å². The lowest BCUT2D eigenvalue weighted by atomic mass is 10.1. The summed E-state index contributed by atoms with van der Waals surface area (Å²) in [5.74, 6) is 0.329. The number of rotatable bonds is 6. The number of nitrogen functional groups attached to an aromatic ring is 1. The van der Waals surface area contributed by atoms with Gasteiger partial charge in [-0.2, -0.15) is 5.10 Å². The van der Waals surface area contributed by atoms with Crippen LogP contribution in [-0.4, -0.2) is 52.5 Å². The largest absolute Gasteiger partial charge is 0.395 e. The van der Waals surface area contributed by atoms with Crippen LogP contribution in [0.2, 0.25) is 0 Å². The molecular formula is C11H19N5O2. The second-order valence-electron chi connectivity index (χ2n) is 3.96. The molecule has 0 spiro atoms. The fourth-order valence-corrected chi connectivity index (χ4v) is 1.70. The number of aliphatic hydroxyl groups excluding tert-OH is 2. The Balaban J connectivity index is 3.28. The van der Waals surface area contributed by atoms with Crippen molar-refractivity contribution in [3.63, 3.8) is 0 Å². The van der Waals surface area contributed by atoms with Crippen molar-refractivity contribution in [2.75, 3.05) is 31.2 Å². The van der Waals surface area contributed by atoms with E-state index in [2.05, 4.69) is 10.2 Å². The normalized spacial score (nSPS) is 10.4. The molecule has 5 N–H and O–H groups in total. The number of nitrogens with one attached hydrogen (secondary N) is 1. The van der Waals surface area contributed by atoms with Gasteiger partial charge in [-0.1, -0.05) is 0 Å². The minimum absolute atomic E-state index is 0.0774. The van der Waals surface area contributed by atoms with Gasteiger partial charge in [0.15, 0.2) is 5.82 Å². The van der Waals surface area contributed by atoms with Crippen LogP contribution in [0.5, 0.6) is 0 Å². The third kappa shape index (κ3) is 2.93. The van der Waals surface area contributed by atoms with Crippen LogP contribution >= 0.6 is 0 Å². The highest BCUT2D eigenvalue weighted by atomic mass is 16.3. The number of nitrogens with two attached hydrogens (primary N) is 1. The quantitative estimate of drug-likeness (QED) is 0.388. The van der Waals surface area contributed by atoms with Crippen molar-refractivity contribution in [2.45, 2.75) is 13.8 Å². The van der Waals surface area contributed by atoms with Crippen LogP contribution in [0, 0.1) is 19.3 Å². The van der Waals surface area contributed by atoms with Gasteiger partial charge in [0.25, 0.3) is 0 Å². The average Bonchev–Trinajstić information content (AvgIpc) is 2.31. The Labute approximate surface area is 106 Å². The highest BCUT2D eigenvalue weighted by Gasteiger charge is 2.18. The Bertz CT molecular complexity index is 430. The zero-order valence-electron chi connectivity index (χ0n) is 10.6. The molecule has 0 radical (unpaired) electrons. The van der Waals surface area contributed by atoms with Crippen molar-refractivity contribution >= 4 is 11.7 Å². The van der Waals surface area contributed by atoms with Gasteiger partial charge in [-0.25, -0.2) is 0 Å². The first-order chi connectivity index (χ1) is 8.52. The van der Waals surface area contributed by atoms with Gasteiger partial charge in [0.05, 0.1) is 24.5 Å². The summed E-state index contributed by atoms with van der Waals surface area (Å²) in [7, 11) is 0. The minimum atomic E-state index is -0.0959. The summed E-state index contributed by atoms with van der Waals surface area (Å²) in [6, 6.07) is 0. The van der Waals surface area contributed by atoms with Gasteiger partial charge in [-0.3, -0.25) is 5.41 Å². The lowest BCUT2D eigenvalue weighted by Crippen LogP contribution is -2.33. The Morgan fingerprint density at radius 3 is 2.22 bits per heavy atom. The number of aromatic nitrogens is 2. The number of aryl methyl sites for hydroxylation is 1. The predicted octanol–water partition coefficient (Wildman–Crippen LogP) is -0.831. The number of amidine groups is 1. The van der Waals surface area contributed by atoms with Crippen molar-refractivity contribution in [1.82, 2.24) is 10.2 Å². The van der Waals surface area contributed by atoms with Gasteiger partial charge in [0.1, 0.15) is 5.84 Å². The molecule has 0 unspecified atom stereocenters. The van der Waals surface area contributed by atoms with Crippen molar-refractivity contribution in [3.8, 4) is 0 Å². The van der Waals surface area contributed by atoms with E-state index in [9.17, 15) is 0 Å². The van der Waals surface area contributed by atoms with E-state index in [0.717, 1.165) is 5.56 Å². The molecule has 7 heteroatoms. The third-order valence-corrected chi connectivity index (χ3v) is 2.74. The van der Waals surface area contributed by atoms with Gasteiger partial charge in [0, 0.05) is 13.1 Å². The van der Waals surface area contributed by atoms with E-state index in [4.69, 9.17) is 21.4 Å². The fraction of sp³-hybridized carbons (Fsp3) is 0.545. The molecule has 1 rings (SSSR count). The molecule has 1 aromatic heterocycles. The Hall–Kier alpha value is -1.73. The third-order valence-electron chi connectivity index (χ3n) is 2.74. The molecule has 0 fully saturated rings. The first-order valence-corrected chi connectivity index (χ1v) is 5.67. The number of hydrogen-bond donors (Lipinski definition) is 4. The summed E-state index contributed by atoms with van der Waals surface area (Å²) in [5, 5.41) is 33.7. The lowest BCUT2D eigenvalue weighted by Gasteiger charge is -2.24. The van der Waals surface area contributed by atoms with Crippen molar-refractivity contribution in [2.24, 2.45) is 5.73 Å². The molecule has 1 heterocycles.